The molecule has 0 saturated carbocycles. The number of nitrogens with two attached hydrogens (primary N) is 1. The topological polar surface area (TPSA) is 55.1 Å². The fourth-order valence-corrected chi connectivity index (χ4v) is 2.48. The Balaban J connectivity index is 2.40. The molecule has 0 fully saturated rings. The number of hydrogen-bond donors (Lipinski definition) is 2. The summed E-state index contributed by atoms with van der Waals surface area (Å²) in [4.78, 5) is 13.0. The van der Waals surface area contributed by atoms with Crippen LogP contribution in [0.2, 0.25) is 0 Å². The molecule has 0 spiro atoms. The summed E-state index contributed by atoms with van der Waals surface area (Å²) in [5.41, 5.74) is 6.67. The van der Waals surface area contributed by atoms with Gasteiger partial charge in [0.25, 0.3) is 0 Å². The van der Waals surface area contributed by atoms with E-state index in [9.17, 15) is 4.79 Å². The summed E-state index contributed by atoms with van der Waals surface area (Å²) in [6.07, 6.45) is 1.02. The second-order valence-corrected chi connectivity index (χ2v) is 6.50. The molecule has 0 aliphatic heterocycles. The van der Waals surface area contributed by atoms with E-state index in [1.807, 2.05) is 31.2 Å². The van der Waals surface area contributed by atoms with E-state index in [1.54, 1.807) is 11.8 Å². The van der Waals surface area contributed by atoms with Gasteiger partial charge in [0.05, 0.1) is 5.25 Å². The third kappa shape index (κ3) is 6.12. The molecule has 4 heteroatoms. The molecular weight excluding hydrogens is 256 g/mol. The molecule has 106 valence electrons. The Morgan fingerprint density at radius 3 is 2.42 bits per heavy atom. The highest BCUT2D eigenvalue weighted by molar-refractivity contribution is 8.00. The van der Waals surface area contributed by atoms with Gasteiger partial charge in [-0.2, -0.15) is 0 Å². The van der Waals surface area contributed by atoms with Gasteiger partial charge in [0.15, 0.2) is 0 Å². The lowest BCUT2D eigenvalue weighted by Gasteiger charge is -2.13. The number of thioether (sulfide) groups is 1. The highest BCUT2D eigenvalue weighted by atomic mass is 32.2. The number of carbonyl (C=O) groups excluding carboxylic acids is 1. The van der Waals surface area contributed by atoms with Crippen molar-refractivity contribution in [3.63, 3.8) is 0 Å². The highest BCUT2D eigenvalue weighted by Gasteiger charge is 2.13. The largest absolute Gasteiger partial charge is 0.355 e. The number of carbonyl (C=O) groups is 1. The maximum atomic E-state index is 11.9. The number of benzene rings is 1. The Morgan fingerprint density at radius 2 is 1.89 bits per heavy atom. The lowest BCUT2D eigenvalue weighted by atomic mass is 10.1. The summed E-state index contributed by atoms with van der Waals surface area (Å²) in [5, 5.41) is 2.90. The van der Waals surface area contributed by atoms with Crippen LogP contribution in [0.25, 0.3) is 0 Å². The quantitative estimate of drug-likeness (QED) is 0.755. The molecule has 3 N–H and O–H groups in total. The first-order valence-electron chi connectivity index (χ1n) is 6.76. The number of amides is 1. The third-order valence-corrected chi connectivity index (χ3v) is 3.97. The minimum atomic E-state index is -0.0733. The molecule has 0 bridgehead atoms. The third-order valence-electron chi connectivity index (χ3n) is 2.86. The average Bonchev–Trinajstić information content (AvgIpc) is 2.39. The van der Waals surface area contributed by atoms with Gasteiger partial charge in [-0.25, -0.2) is 0 Å². The number of nitrogens with one attached hydrogen (secondary N) is 1. The van der Waals surface area contributed by atoms with Crippen LogP contribution in [-0.4, -0.2) is 17.7 Å². The molecule has 0 radical (unpaired) electrons. The van der Waals surface area contributed by atoms with Crippen LogP contribution in [0.5, 0.6) is 0 Å². The van der Waals surface area contributed by atoms with E-state index in [-0.39, 0.29) is 11.2 Å². The first kappa shape index (κ1) is 16.1. The van der Waals surface area contributed by atoms with E-state index in [2.05, 4.69) is 19.2 Å². The van der Waals surface area contributed by atoms with Gasteiger partial charge in [0, 0.05) is 18.0 Å². The first-order valence-corrected chi connectivity index (χ1v) is 7.64. The van der Waals surface area contributed by atoms with Gasteiger partial charge < -0.3 is 11.1 Å². The van der Waals surface area contributed by atoms with Gasteiger partial charge in [-0.15, -0.1) is 11.8 Å². The van der Waals surface area contributed by atoms with Crippen molar-refractivity contribution in [1.29, 1.82) is 0 Å². The van der Waals surface area contributed by atoms with E-state index < -0.39 is 0 Å². The zero-order valence-corrected chi connectivity index (χ0v) is 12.8. The van der Waals surface area contributed by atoms with Crippen LogP contribution in [0.3, 0.4) is 0 Å². The van der Waals surface area contributed by atoms with E-state index in [0.717, 1.165) is 23.4 Å². The smallest absolute Gasteiger partial charge is 0.233 e. The Hall–Kier alpha value is -1.00. The van der Waals surface area contributed by atoms with Crippen molar-refractivity contribution in [3.8, 4) is 0 Å². The average molecular weight is 280 g/mol. The summed E-state index contributed by atoms with van der Waals surface area (Å²) < 4.78 is 0. The van der Waals surface area contributed by atoms with Crippen molar-refractivity contribution < 1.29 is 4.79 Å². The molecule has 19 heavy (non-hydrogen) atoms. The van der Waals surface area contributed by atoms with E-state index >= 15 is 0 Å². The minimum absolute atomic E-state index is 0.0733. The van der Waals surface area contributed by atoms with Gasteiger partial charge >= 0.3 is 0 Å². The molecule has 0 aliphatic carbocycles. The number of rotatable bonds is 7. The summed E-state index contributed by atoms with van der Waals surface area (Å²) in [6.45, 7) is 7.56. The monoisotopic (exact) mass is 280 g/mol. The Morgan fingerprint density at radius 1 is 1.26 bits per heavy atom. The molecule has 0 aromatic heterocycles. The van der Waals surface area contributed by atoms with Crippen LogP contribution in [0.1, 0.15) is 32.8 Å². The number of hydrogen-bond acceptors (Lipinski definition) is 3. The maximum Gasteiger partial charge on any atom is 0.233 e. The molecule has 1 aromatic rings. The lowest BCUT2D eigenvalue weighted by Crippen LogP contribution is -2.32. The minimum Gasteiger partial charge on any atom is -0.355 e. The summed E-state index contributed by atoms with van der Waals surface area (Å²) in [7, 11) is 0. The van der Waals surface area contributed by atoms with Crippen molar-refractivity contribution in [3.05, 3.63) is 29.8 Å². The Bertz CT molecular complexity index is 390. The molecule has 1 rings (SSSR count). The Labute approximate surface area is 120 Å². The zero-order valence-electron chi connectivity index (χ0n) is 12.0. The standard InChI is InChI=1S/C15H24N2OS/c1-11(2)8-9-17-15(18)12(3)19-14-6-4-13(10-16)5-7-14/h4-7,11-12H,8-10,16H2,1-3H3,(H,17,18). The van der Waals surface area contributed by atoms with Gasteiger partial charge in [-0.3, -0.25) is 4.79 Å². The lowest BCUT2D eigenvalue weighted by molar-refractivity contribution is -0.120. The van der Waals surface area contributed by atoms with Crippen LogP contribution in [0.15, 0.2) is 29.2 Å². The first-order chi connectivity index (χ1) is 9.02. The molecular formula is C15H24N2OS. The summed E-state index contributed by atoms with van der Waals surface area (Å²) in [6, 6.07) is 8.05. The van der Waals surface area contributed by atoms with Crippen molar-refractivity contribution >= 4 is 17.7 Å². The van der Waals surface area contributed by atoms with E-state index in [4.69, 9.17) is 5.73 Å². The van der Waals surface area contributed by atoms with Gasteiger partial charge in [0.1, 0.15) is 0 Å². The molecule has 0 aliphatic rings. The maximum absolute atomic E-state index is 11.9. The van der Waals surface area contributed by atoms with Crippen LogP contribution in [0, 0.1) is 5.92 Å². The van der Waals surface area contributed by atoms with Crippen LogP contribution in [0.4, 0.5) is 0 Å². The van der Waals surface area contributed by atoms with Gasteiger partial charge in [-0.1, -0.05) is 26.0 Å². The van der Waals surface area contributed by atoms with Crippen molar-refractivity contribution in [2.45, 2.75) is 43.9 Å². The fourth-order valence-electron chi connectivity index (χ4n) is 1.59. The fraction of sp³-hybridized carbons (Fsp3) is 0.533. The molecule has 1 unspecified atom stereocenters. The highest BCUT2D eigenvalue weighted by Crippen LogP contribution is 2.23. The molecule has 3 nitrogen and oxygen atoms in total. The van der Waals surface area contributed by atoms with Gasteiger partial charge in [0.2, 0.25) is 5.91 Å². The van der Waals surface area contributed by atoms with E-state index in [1.165, 1.54) is 0 Å². The second kappa shape index (κ2) is 8.23. The van der Waals surface area contributed by atoms with Crippen LogP contribution in [-0.2, 0) is 11.3 Å². The molecule has 1 aromatic carbocycles. The van der Waals surface area contributed by atoms with Crippen molar-refractivity contribution in [2.75, 3.05) is 6.54 Å². The normalized spacial score (nSPS) is 12.5. The molecule has 1 amide bonds. The SMILES string of the molecule is CC(C)CCNC(=O)C(C)Sc1ccc(CN)cc1. The molecule has 0 heterocycles. The molecule has 0 saturated heterocycles. The summed E-state index contributed by atoms with van der Waals surface area (Å²) in [5.74, 6) is 0.723. The Kier molecular flexibility index (Phi) is 6.95. The van der Waals surface area contributed by atoms with Gasteiger partial charge in [-0.05, 0) is 37.0 Å². The second-order valence-electron chi connectivity index (χ2n) is 5.08. The molecule has 1 atom stereocenters. The van der Waals surface area contributed by atoms with E-state index in [0.29, 0.717) is 12.5 Å². The summed E-state index contributed by atoms with van der Waals surface area (Å²) >= 11 is 1.58. The zero-order chi connectivity index (χ0) is 14.3. The predicted molar refractivity (Wildman–Crippen MR) is 82.1 cm³/mol. The van der Waals surface area contributed by atoms with Crippen LogP contribution < -0.4 is 11.1 Å². The van der Waals surface area contributed by atoms with Crippen LogP contribution >= 0.6 is 11.8 Å². The van der Waals surface area contributed by atoms with Crippen molar-refractivity contribution in [2.24, 2.45) is 11.7 Å². The van der Waals surface area contributed by atoms with Crippen molar-refractivity contribution in [1.82, 2.24) is 5.32 Å². The predicted octanol–water partition coefficient (Wildman–Crippen LogP) is 2.79.